The summed E-state index contributed by atoms with van der Waals surface area (Å²) in [5, 5.41) is 3.29. The molecule has 3 amide bonds. The molecule has 0 saturated heterocycles. The molecule has 0 bridgehead atoms. The van der Waals surface area contributed by atoms with Gasteiger partial charge in [0.15, 0.2) is 5.76 Å². The molecule has 1 aromatic carbocycles. The van der Waals surface area contributed by atoms with E-state index in [9.17, 15) is 14.4 Å². The quantitative estimate of drug-likeness (QED) is 0.827. The molecule has 0 aliphatic carbocycles. The van der Waals surface area contributed by atoms with Crippen LogP contribution < -0.4 is 15.8 Å². The van der Waals surface area contributed by atoms with Crippen LogP contribution in [0.5, 0.6) is 0 Å². The fourth-order valence-corrected chi connectivity index (χ4v) is 1.56. The number of rotatable bonds is 4. The monoisotopic (exact) mass is 286 g/mol. The number of hydrogen-bond donors (Lipinski definition) is 2. The largest absolute Gasteiger partial charge is 0.459 e. The van der Waals surface area contributed by atoms with E-state index < -0.39 is 11.9 Å². The third-order valence-corrected chi connectivity index (χ3v) is 2.49. The number of carbonyl (C=O) groups is 2. The summed E-state index contributed by atoms with van der Waals surface area (Å²) in [5.41, 5.74) is 2.83. The zero-order valence-electron chi connectivity index (χ0n) is 10.9. The number of hydrazine groups is 1. The number of nitrogens with zero attached hydrogens (tertiary/aromatic N) is 1. The molecule has 0 unspecified atom stereocenters. The topological polar surface area (TPSA) is 91.7 Å². The summed E-state index contributed by atoms with van der Waals surface area (Å²) in [6.45, 7) is -0.279. The lowest BCUT2D eigenvalue weighted by molar-refractivity contribution is 0.0922. The standard InChI is InChI=1S/C14H12N3O4/c18-9-8-15-14(20)17(11-5-2-1-3-6-11)16-13(19)12-7-4-10-21-12/h1-7,10H,8H2,(H,15,20)(H,16,19). The van der Waals surface area contributed by atoms with Gasteiger partial charge in [0.25, 0.3) is 0 Å². The average Bonchev–Trinajstić information content (AvgIpc) is 3.05. The first kappa shape index (κ1) is 14.3. The number of carbonyl (C=O) groups excluding carboxylic acids is 3. The van der Waals surface area contributed by atoms with Crippen LogP contribution in [0.25, 0.3) is 0 Å². The molecule has 0 spiro atoms. The average molecular weight is 286 g/mol. The summed E-state index contributed by atoms with van der Waals surface area (Å²) in [6.07, 6.45) is 2.90. The highest BCUT2D eigenvalue weighted by Crippen LogP contribution is 2.12. The molecule has 0 aliphatic heterocycles. The van der Waals surface area contributed by atoms with E-state index in [4.69, 9.17) is 4.42 Å². The van der Waals surface area contributed by atoms with Crippen molar-refractivity contribution in [3.8, 4) is 0 Å². The van der Waals surface area contributed by atoms with Crippen molar-refractivity contribution in [3.63, 3.8) is 0 Å². The van der Waals surface area contributed by atoms with Gasteiger partial charge in [-0.05, 0) is 24.3 Å². The molecule has 2 N–H and O–H groups in total. The van der Waals surface area contributed by atoms with E-state index in [1.165, 1.54) is 12.3 Å². The number of urea groups is 1. The van der Waals surface area contributed by atoms with Gasteiger partial charge in [0.05, 0.1) is 18.5 Å². The van der Waals surface area contributed by atoms with Gasteiger partial charge >= 0.3 is 11.9 Å². The zero-order chi connectivity index (χ0) is 15.1. The second-order valence-electron chi connectivity index (χ2n) is 3.89. The minimum Gasteiger partial charge on any atom is -0.459 e. The van der Waals surface area contributed by atoms with Crippen molar-refractivity contribution >= 4 is 23.9 Å². The molecular formula is C14H12N3O4. The Labute approximate surface area is 120 Å². The van der Waals surface area contributed by atoms with Gasteiger partial charge in [0.2, 0.25) is 6.29 Å². The molecule has 1 heterocycles. The van der Waals surface area contributed by atoms with E-state index in [0.717, 1.165) is 5.01 Å². The van der Waals surface area contributed by atoms with E-state index in [-0.39, 0.29) is 12.3 Å². The Morgan fingerprint density at radius 3 is 2.52 bits per heavy atom. The van der Waals surface area contributed by atoms with Crippen LogP contribution in [-0.2, 0) is 4.79 Å². The molecule has 2 aromatic rings. The lowest BCUT2D eigenvalue weighted by Gasteiger charge is -2.22. The molecule has 1 radical (unpaired) electrons. The first-order chi connectivity index (χ1) is 10.2. The number of anilines is 1. The minimum absolute atomic E-state index is 0.0608. The van der Waals surface area contributed by atoms with Gasteiger partial charge in [0, 0.05) is 0 Å². The molecule has 21 heavy (non-hydrogen) atoms. The van der Waals surface area contributed by atoms with Crippen molar-refractivity contribution in [1.29, 1.82) is 0 Å². The van der Waals surface area contributed by atoms with Crippen LogP contribution in [0, 0.1) is 0 Å². The highest BCUT2D eigenvalue weighted by molar-refractivity contribution is 6.00. The van der Waals surface area contributed by atoms with Gasteiger partial charge in [0.1, 0.15) is 0 Å². The third kappa shape index (κ3) is 3.69. The molecule has 0 atom stereocenters. The molecule has 7 nitrogen and oxygen atoms in total. The minimum atomic E-state index is -0.663. The van der Waals surface area contributed by atoms with Crippen LogP contribution in [0.2, 0.25) is 0 Å². The first-order valence-corrected chi connectivity index (χ1v) is 6.05. The molecule has 107 valence electrons. The normalized spacial score (nSPS) is 9.71. The highest BCUT2D eigenvalue weighted by atomic mass is 16.3. The van der Waals surface area contributed by atoms with Gasteiger partial charge in [-0.2, -0.15) is 0 Å². The summed E-state index contributed by atoms with van der Waals surface area (Å²) >= 11 is 0. The predicted octanol–water partition coefficient (Wildman–Crippen LogP) is 1.25. The van der Waals surface area contributed by atoms with Crippen LogP contribution in [0.3, 0.4) is 0 Å². The van der Waals surface area contributed by atoms with E-state index in [1.807, 2.05) is 0 Å². The van der Waals surface area contributed by atoms with E-state index in [0.29, 0.717) is 5.69 Å². The van der Waals surface area contributed by atoms with Crippen LogP contribution >= 0.6 is 0 Å². The Balaban J connectivity index is 2.17. The Hall–Kier alpha value is -3.09. The molecular weight excluding hydrogens is 274 g/mol. The lowest BCUT2D eigenvalue weighted by atomic mass is 10.3. The zero-order valence-corrected chi connectivity index (χ0v) is 10.9. The molecule has 0 saturated carbocycles. The Morgan fingerprint density at radius 1 is 1.14 bits per heavy atom. The van der Waals surface area contributed by atoms with Crippen LogP contribution in [-0.4, -0.2) is 24.8 Å². The Morgan fingerprint density at radius 2 is 1.90 bits per heavy atom. The maximum absolute atomic E-state index is 12.0. The number of furan rings is 1. The molecule has 0 fully saturated rings. The number of amides is 3. The van der Waals surface area contributed by atoms with Gasteiger partial charge in [-0.15, -0.1) is 0 Å². The Kier molecular flexibility index (Phi) is 4.70. The third-order valence-electron chi connectivity index (χ3n) is 2.49. The van der Waals surface area contributed by atoms with E-state index in [2.05, 4.69) is 10.7 Å². The summed E-state index contributed by atoms with van der Waals surface area (Å²) < 4.78 is 4.96. The number of benzene rings is 1. The van der Waals surface area contributed by atoms with Crippen molar-refractivity contribution < 1.29 is 18.8 Å². The molecule has 0 aliphatic rings. The molecule has 2 rings (SSSR count). The van der Waals surface area contributed by atoms with Crippen LogP contribution in [0.1, 0.15) is 10.6 Å². The second-order valence-corrected chi connectivity index (χ2v) is 3.89. The van der Waals surface area contributed by atoms with Gasteiger partial charge < -0.3 is 9.73 Å². The van der Waals surface area contributed by atoms with Gasteiger partial charge in [-0.3, -0.25) is 15.0 Å². The summed E-state index contributed by atoms with van der Waals surface area (Å²) in [5.74, 6) is -0.528. The van der Waals surface area contributed by atoms with Crippen LogP contribution in [0.15, 0.2) is 53.1 Å². The SMILES string of the molecule is O=[C]CNC(=O)N(NC(=O)c1ccco1)c1ccccc1. The predicted molar refractivity (Wildman–Crippen MR) is 74.2 cm³/mol. The Bertz CT molecular complexity index is 610. The van der Waals surface area contributed by atoms with Gasteiger partial charge in [-0.25, -0.2) is 9.80 Å². The summed E-state index contributed by atoms with van der Waals surface area (Å²) in [7, 11) is 0. The number of para-hydroxylation sites is 1. The fraction of sp³-hybridized carbons (Fsp3) is 0.0714. The molecule has 7 heteroatoms. The molecule has 1 aromatic heterocycles. The van der Waals surface area contributed by atoms with Crippen LogP contribution in [0.4, 0.5) is 10.5 Å². The highest BCUT2D eigenvalue weighted by Gasteiger charge is 2.20. The fourth-order valence-electron chi connectivity index (χ4n) is 1.56. The maximum atomic E-state index is 12.0. The van der Waals surface area contributed by atoms with Crippen molar-refractivity contribution in [3.05, 3.63) is 54.5 Å². The number of nitrogens with one attached hydrogen (secondary N) is 2. The smallest absolute Gasteiger partial charge is 0.341 e. The second kappa shape index (κ2) is 6.90. The van der Waals surface area contributed by atoms with Crippen molar-refractivity contribution in [2.24, 2.45) is 0 Å². The maximum Gasteiger partial charge on any atom is 0.341 e. The van der Waals surface area contributed by atoms with E-state index in [1.54, 1.807) is 42.7 Å². The summed E-state index contributed by atoms with van der Waals surface area (Å²) in [4.78, 5) is 34.2. The summed E-state index contributed by atoms with van der Waals surface area (Å²) in [6, 6.07) is 10.8. The first-order valence-electron chi connectivity index (χ1n) is 6.05. The number of hydrogen-bond acceptors (Lipinski definition) is 4. The van der Waals surface area contributed by atoms with Gasteiger partial charge in [-0.1, -0.05) is 18.2 Å². The van der Waals surface area contributed by atoms with Crippen molar-refractivity contribution in [2.75, 3.05) is 11.6 Å². The lowest BCUT2D eigenvalue weighted by Crippen LogP contribution is -2.51. The van der Waals surface area contributed by atoms with Crippen molar-refractivity contribution in [2.45, 2.75) is 0 Å². The van der Waals surface area contributed by atoms with E-state index >= 15 is 0 Å². The van der Waals surface area contributed by atoms with Crippen molar-refractivity contribution in [1.82, 2.24) is 10.7 Å².